The van der Waals surface area contributed by atoms with Crippen molar-refractivity contribution in [2.24, 2.45) is 0 Å². The van der Waals surface area contributed by atoms with Gasteiger partial charge in [-0.05, 0) is 30.7 Å². The number of hydrogen-bond donors (Lipinski definition) is 3. The molecular weight excluding hydrogens is 302 g/mol. The van der Waals surface area contributed by atoms with Gasteiger partial charge in [-0.2, -0.15) is 0 Å². The molecule has 0 spiro atoms. The first kappa shape index (κ1) is 16.3. The maximum Gasteiger partial charge on any atom is 0.224 e. The summed E-state index contributed by atoms with van der Waals surface area (Å²) in [5.74, 6) is -0.119. The Morgan fingerprint density at radius 1 is 1.23 bits per heavy atom. The van der Waals surface area contributed by atoms with E-state index < -0.39 is 5.60 Å². The number of nitrogens with one attached hydrogen (secondary N) is 1. The van der Waals surface area contributed by atoms with E-state index in [0.717, 1.165) is 0 Å². The molecule has 0 aliphatic rings. The molecule has 116 valence electrons. The van der Waals surface area contributed by atoms with Crippen LogP contribution in [0.1, 0.15) is 18.1 Å². The molecule has 0 fully saturated rings. The highest BCUT2D eigenvalue weighted by Crippen LogP contribution is 2.27. The second-order valence-electron chi connectivity index (χ2n) is 5.38. The highest BCUT2D eigenvalue weighted by molar-refractivity contribution is 6.31. The van der Waals surface area contributed by atoms with E-state index in [1.807, 2.05) is 0 Å². The van der Waals surface area contributed by atoms with E-state index in [9.17, 15) is 15.0 Å². The van der Waals surface area contributed by atoms with Crippen molar-refractivity contribution < 1.29 is 15.0 Å². The third-order valence-corrected chi connectivity index (χ3v) is 3.69. The van der Waals surface area contributed by atoms with Crippen LogP contribution in [0, 0.1) is 0 Å². The first-order chi connectivity index (χ1) is 10.4. The highest BCUT2D eigenvalue weighted by atomic mass is 35.5. The molecule has 0 aromatic heterocycles. The van der Waals surface area contributed by atoms with Gasteiger partial charge in [-0.15, -0.1) is 0 Å². The van der Waals surface area contributed by atoms with Crippen LogP contribution < -0.4 is 5.32 Å². The van der Waals surface area contributed by atoms with Gasteiger partial charge in [0.05, 0.1) is 13.0 Å². The Morgan fingerprint density at radius 2 is 1.95 bits per heavy atom. The molecule has 2 aromatic rings. The zero-order chi connectivity index (χ0) is 16.2. The van der Waals surface area contributed by atoms with E-state index in [-0.39, 0.29) is 24.6 Å². The van der Waals surface area contributed by atoms with Crippen molar-refractivity contribution in [3.8, 4) is 5.75 Å². The molecule has 5 heteroatoms. The van der Waals surface area contributed by atoms with Crippen molar-refractivity contribution in [3.63, 3.8) is 0 Å². The third-order valence-electron chi connectivity index (χ3n) is 3.36. The van der Waals surface area contributed by atoms with E-state index in [1.54, 1.807) is 49.4 Å². The van der Waals surface area contributed by atoms with E-state index >= 15 is 0 Å². The van der Waals surface area contributed by atoms with Gasteiger partial charge in [0.25, 0.3) is 0 Å². The minimum Gasteiger partial charge on any atom is -0.508 e. The Balaban J connectivity index is 1.97. The predicted octanol–water partition coefficient (Wildman–Crippen LogP) is 2.61. The lowest BCUT2D eigenvalue weighted by Gasteiger charge is -2.25. The first-order valence-corrected chi connectivity index (χ1v) is 7.28. The molecule has 0 aliphatic heterocycles. The van der Waals surface area contributed by atoms with Gasteiger partial charge in [-0.25, -0.2) is 0 Å². The van der Waals surface area contributed by atoms with Crippen LogP contribution in [0.4, 0.5) is 0 Å². The molecule has 2 aromatic carbocycles. The molecule has 1 atom stereocenters. The lowest BCUT2D eigenvalue weighted by molar-refractivity contribution is -0.121. The Bertz CT molecular complexity index is 670. The van der Waals surface area contributed by atoms with Crippen LogP contribution in [0.3, 0.4) is 0 Å². The van der Waals surface area contributed by atoms with Crippen molar-refractivity contribution >= 4 is 17.5 Å². The highest BCUT2D eigenvalue weighted by Gasteiger charge is 2.26. The van der Waals surface area contributed by atoms with Crippen LogP contribution >= 0.6 is 11.6 Å². The molecule has 1 amide bonds. The summed E-state index contributed by atoms with van der Waals surface area (Å²) in [4.78, 5) is 11.9. The van der Waals surface area contributed by atoms with Gasteiger partial charge < -0.3 is 15.5 Å². The molecular formula is C17H18ClNO3. The number of rotatable bonds is 5. The lowest BCUT2D eigenvalue weighted by Crippen LogP contribution is -2.39. The van der Waals surface area contributed by atoms with Crippen molar-refractivity contribution in [2.75, 3.05) is 6.54 Å². The van der Waals surface area contributed by atoms with E-state index in [0.29, 0.717) is 16.1 Å². The molecule has 3 N–H and O–H groups in total. The molecule has 22 heavy (non-hydrogen) atoms. The zero-order valence-electron chi connectivity index (χ0n) is 12.2. The summed E-state index contributed by atoms with van der Waals surface area (Å²) in [5, 5.41) is 23.0. The van der Waals surface area contributed by atoms with Crippen LogP contribution in [0.25, 0.3) is 0 Å². The quantitative estimate of drug-likeness (QED) is 0.793. The van der Waals surface area contributed by atoms with Gasteiger partial charge in [0, 0.05) is 10.6 Å². The number of benzene rings is 2. The number of amides is 1. The SMILES string of the molecule is CC(O)(CNC(=O)Cc1cccc(O)c1)c1ccccc1Cl. The van der Waals surface area contributed by atoms with E-state index in [2.05, 4.69) is 5.32 Å². The van der Waals surface area contributed by atoms with E-state index in [4.69, 9.17) is 11.6 Å². The molecule has 0 bridgehead atoms. The maximum atomic E-state index is 11.9. The first-order valence-electron chi connectivity index (χ1n) is 6.90. The van der Waals surface area contributed by atoms with Crippen molar-refractivity contribution in [3.05, 3.63) is 64.7 Å². The smallest absolute Gasteiger partial charge is 0.224 e. The third kappa shape index (κ3) is 4.23. The number of aliphatic hydroxyl groups is 1. The Hall–Kier alpha value is -2.04. The number of carbonyl (C=O) groups excluding carboxylic acids is 1. The fraction of sp³-hybridized carbons (Fsp3) is 0.235. The summed E-state index contributed by atoms with van der Waals surface area (Å²) in [6.07, 6.45) is 0.132. The number of aromatic hydroxyl groups is 1. The molecule has 4 nitrogen and oxygen atoms in total. The lowest BCUT2D eigenvalue weighted by atomic mass is 9.96. The molecule has 0 heterocycles. The number of carbonyl (C=O) groups is 1. The molecule has 2 rings (SSSR count). The van der Waals surface area contributed by atoms with Gasteiger partial charge in [0.1, 0.15) is 11.4 Å². The Labute approximate surface area is 134 Å². The predicted molar refractivity (Wildman–Crippen MR) is 85.8 cm³/mol. The average molecular weight is 320 g/mol. The minimum absolute atomic E-state index is 0.0500. The summed E-state index contributed by atoms with van der Waals surface area (Å²) >= 11 is 6.07. The van der Waals surface area contributed by atoms with Crippen LogP contribution in [-0.2, 0) is 16.8 Å². The normalized spacial score (nSPS) is 13.4. The van der Waals surface area contributed by atoms with Gasteiger partial charge >= 0.3 is 0 Å². The summed E-state index contributed by atoms with van der Waals surface area (Å²) in [5.41, 5.74) is 0.0107. The average Bonchev–Trinajstić information content (AvgIpc) is 2.45. The fourth-order valence-electron chi connectivity index (χ4n) is 2.18. The monoisotopic (exact) mass is 319 g/mol. The Morgan fingerprint density at radius 3 is 2.64 bits per heavy atom. The van der Waals surface area contributed by atoms with Crippen LogP contribution in [-0.4, -0.2) is 22.7 Å². The van der Waals surface area contributed by atoms with Gasteiger partial charge in [0.15, 0.2) is 0 Å². The van der Waals surface area contributed by atoms with E-state index in [1.165, 1.54) is 6.07 Å². The number of phenolic OH excluding ortho intramolecular Hbond substituents is 1. The summed E-state index contributed by atoms with van der Waals surface area (Å²) in [6.45, 7) is 1.65. The van der Waals surface area contributed by atoms with Gasteiger partial charge in [0.2, 0.25) is 5.91 Å². The number of phenols is 1. The fourth-order valence-corrected chi connectivity index (χ4v) is 2.52. The summed E-state index contributed by atoms with van der Waals surface area (Å²) in [7, 11) is 0. The molecule has 1 unspecified atom stereocenters. The number of halogens is 1. The zero-order valence-corrected chi connectivity index (χ0v) is 13.0. The largest absolute Gasteiger partial charge is 0.508 e. The topological polar surface area (TPSA) is 69.6 Å². The molecule has 0 aliphatic carbocycles. The standard InChI is InChI=1S/C17H18ClNO3/c1-17(22,14-7-2-3-8-15(14)18)11-19-16(21)10-12-5-4-6-13(20)9-12/h2-9,20,22H,10-11H2,1H3,(H,19,21). The van der Waals surface area contributed by atoms with Crippen LogP contribution in [0.15, 0.2) is 48.5 Å². The Kier molecular flexibility index (Phi) is 5.06. The summed E-state index contributed by atoms with van der Waals surface area (Å²) < 4.78 is 0. The molecule has 0 radical (unpaired) electrons. The van der Waals surface area contributed by atoms with Crippen molar-refractivity contribution in [1.82, 2.24) is 5.32 Å². The second-order valence-corrected chi connectivity index (χ2v) is 5.78. The van der Waals surface area contributed by atoms with Crippen molar-refractivity contribution in [1.29, 1.82) is 0 Å². The van der Waals surface area contributed by atoms with Crippen LogP contribution in [0.5, 0.6) is 5.75 Å². The minimum atomic E-state index is -1.26. The van der Waals surface area contributed by atoms with Gasteiger partial charge in [-0.1, -0.05) is 41.9 Å². The summed E-state index contributed by atoms with van der Waals surface area (Å²) in [6, 6.07) is 13.5. The maximum absolute atomic E-state index is 11.9. The number of hydrogen-bond acceptors (Lipinski definition) is 3. The van der Waals surface area contributed by atoms with Crippen LogP contribution in [0.2, 0.25) is 5.02 Å². The molecule has 0 saturated heterocycles. The van der Waals surface area contributed by atoms with Gasteiger partial charge in [-0.3, -0.25) is 4.79 Å². The van der Waals surface area contributed by atoms with Crippen molar-refractivity contribution in [2.45, 2.75) is 18.9 Å². The molecule has 0 saturated carbocycles. The second kappa shape index (κ2) is 6.81.